The van der Waals surface area contributed by atoms with E-state index >= 15 is 0 Å². The highest BCUT2D eigenvalue weighted by Gasteiger charge is 2.13. The molecule has 0 saturated carbocycles. The van der Waals surface area contributed by atoms with Gasteiger partial charge in [-0.25, -0.2) is 0 Å². The Balaban J connectivity index is 1.80. The molecule has 2 aromatic rings. The number of aryl methyl sites for hydroxylation is 2. The average Bonchev–Trinajstić information content (AvgIpc) is 2.92. The van der Waals surface area contributed by atoms with Crippen molar-refractivity contribution in [3.63, 3.8) is 0 Å². The second-order valence-corrected chi connectivity index (χ2v) is 6.59. The number of hydrogen-bond acceptors (Lipinski definition) is 3. The number of nitrogens with one attached hydrogen (secondary N) is 2. The Morgan fingerprint density at radius 2 is 1.83 bits per heavy atom. The first-order valence-corrected chi connectivity index (χ1v) is 8.47. The summed E-state index contributed by atoms with van der Waals surface area (Å²) in [6.07, 6.45) is 4.30. The van der Waals surface area contributed by atoms with E-state index < -0.39 is 0 Å². The molecular weight excluding hydrogens is 286 g/mol. The van der Waals surface area contributed by atoms with Gasteiger partial charge in [0, 0.05) is 23.3 Å². The van der Waals surface area contributed by atoms with Gasteiger partial charge < -0.3 is 10.1 Å². The topological polar surface area (TPSA) is 49.9 Å². The molecule has 23 heavy (non-hydrogen) atoms. The number of aromatic nitrogens is 2. The lowest BCUT2D eigenvalue weighted by Gasteiger charge is -2.20. The maximum absolute atomic E-state index is 5.68. The van der Waals surface area contributed by atoms with Gasteiger partial charge in [-0.3, -0.25) is 5.10 Å². The molecule has 2 N–H and O–H groups in total. The predicted octanol–water partition coefficient (Wildman–Crippen LogP) is 4.18. The van der Waals surface area contributed by atoms with Crippen LogP contribution in [-0.4, -0.2) is 22.3 Å². The summed E-state index contributed by atoms with van der Waals surface area (Å²) in [4.78, 5) is 0. The Bertz CT molecular complexity index is 589. The van der Waals surface area contributed by atoms with Gasteiger partial charge in [-0.2, -0.15) is 5.10 Å². The SMILES string of the molecule is Cc1[nH]ncc1C(C)NC(C)CCc1ccc(OC(C)C)cc1. The maximum Gasteiger partial charge on any atom is 0.119 e. The van der Waals surface area contributed by atoms with Crippen LogP contribution in [0.15, 0.2) is 30.5 Å². The van der Waals surface area contributed by atoms with Crippen LogP contribution in [0.4, 0.5) is 0 Å². The van der Waals surface area contributed by atoms with Gasteiger partial charge in [0.05, 0.1) is 12.3 Å². The van der Waals surface area contributed by atoms with E-state index in [1.807, 2.05) is 20.0 Å². The molecule has 4 nitrogen and oxygen atoms in total. The van der Waals surface area contributed by atoms with E-state index in [2.05, 4.69) is 60.6 Å². The number of H-pyrrole nitrogens is 1. The van der Waals surface area contributed by atoms with E-state index in [0.717, 1.165) is 24.3 Å². The van der Waals surface area contributed by atoms with Crippen LogP contribution >= 0.6 is 0 Å². The minimum atomic E-state index is 0.220. The Morgan fingerprint density at radius 1 is 1.13 bits per heavy atom. The molecule has 0 saturated heterocycles. The lowest BCUT2D eigenvalue weighted by molar-refractivity contribution is 0.242. The largest absolute Gasteiger partial charge is 0.491 e. The summed E-state index contributed by atoms with van der Waals surface area (Å²) in [6, 6.07) is 9.20. The molecule has 0 aliphatic carbocycles. The fourth-order valence-electron chi connectivity index (χ4n) is 2.79. The highest BCUT2D eigenvalue weighted by Crippen LogP contribution is 2.18. The minimum absolute atomic E-state index is 0.220. The quantitative estimate of drug-likeness (QED) is 0.768. The van der Waals surface area contributed by atoms with Crippen LogP contribution in [0.5, 0.6) is 5.75 Å². The summed E-state index contributed by atoms with van der Waals surface area (Å²) in [6.45, 7) is 10.6. The molecule has 0 fully saturated rings. The molecule has 0 aliphatic rings. The van der Waals surface area contributed by atoms with Crippen molar-refractivity contribution < 1.29 is 4.74 Å². The van der Waals surface area contributed by atoms with Gasteiger partial charge in [-0.05, 0) is 65.2 Å². The summed E-state index contributed by atoms with van der Waals surface area (Å²) in [7, 11) is 0. The zero-order valence-corrected chi connectivity index (χ0v) is 14.9. The molecule has 2 atom stereocenters. The lowest BCUT2D eigenvalue weighted by atomic mass is 10.0. The number of aromatic amines is 1. The molecule has 0 amide bonds. The summed E-state index contributed by atoms with van der Waals surface area (Å²) in [5.74, 6) is 0.943. The summed E-state index contributed by atoms with van der Waals surface area (Å²) >= 11 is 0. The van der Waals surface area contributed by atoms with Crippen LogP contribution in [0.3, 0.4) is 0 Å². The Kier molecular flexibility index (Phi) is 6.22. The van der Waals surface area contributed by atoms with Crippen molar-refractivity contribution in [1.82, 2.24) is 15.5 Å². The van der Waals surface area contributed by atoms with E-state index in [1.54, 1.807) is 0 Å². The van der Waals surface area contributed by atoms with Crippen molar-refractivity contribution in [2.75, 3.05) is 0 Å². The first-order chi connectivity index (χ1) is 11.0. The van der Waals surface area contributed by atoms with Gasteiger partial charge in [-0.1, -0.05) is 12.1 Å². The number of ether oxygens (including phenoxy) is 1. The van der Waals surface area contributed by atoms with Crippen molar-refractivity contribution in [1.29, 1.82) is 0 Å². The van der Waals surface area contributed by atoms with Crippen molar-refractivity contribution in [3.05, 3.63) is 47.3 Å². The molecule has 0 radical (unpaired) electrons. The van der Waals surface area contributed by atoms with E-state index in [1.165, 1.54) is 11.1 Å². The zero-order chi connectivity index (χ0) is 16.8. The van der Waals surface area contributed by atoms with Gasteiger partial charge in [0.25, 0.3) is 0 Å². The molecule has 4 heteroatoms. The standard InChI is InChI=1S/C19H29N3O/c1-13(2)23-18-10-8-17(9-11-18)7-6-14(3)21-15(4)19-12-20-22-16(19)5/h8-15,21H,6-7H2,1-5H3,(H,20,22). The fraction of sp³-hybridized carbons (Fsp3) is 0.526. The molecule has 1 aromatic heterocycles. The third-order valence-corrected chi connectivity index (χ3v) is 4.03. The van der Waals surface area contributed by atoms with Crippen molar-refractivity contribution in [2.45, 2.75) is 65.6 Å². The molecule has 126 valence electrons. The molecule has 0 bridgehead atoms. The van der Waals surface area contributed by atoms with Crippen LogP contribution < -0.4 is 10.1 Å². The smallest absolute Gasteiger partial charge is 0.119 e. The van der Waals surface area contributed by atoms with Crippen molar-refractivity contribution in [3.8, 4) is 5.75 Å². The number of benzene rings is 1. The monoisotopic (exact) mass is 315 g/mol. The third kappa shape index (κ3) is 5.39. The normalized spacial score (nSPS) is 14.0. The van der Waals surface area contributed by atoms with E-state index in [4.69, 9.17) is 4.74 Å². The highest BCUT2D eigenvalue weighted by atomic mass is 16.5. The van der Waals surface area contributed by atoms with Crippen molar-refractivity contribution >= 4 is 0 Å². The van der Waals surface area contributed by atoms with Crippen LogP contribution in [0.25, 0.3) is 0 Å². The third-order valence-electron chi connectivity index (χ3n) is 4.03. The van der Waals surface area contributed by atoms with Gasteiger partial charge in [0.15, 0.2) is 0 Å². The second-order valence-electron chi connectivity index (χ2n) is 6.59. The van der Waals surface area contributed by atoms with E-state index in [-0.39, 0.29) is 6.10 Å². The van der Waals surface area contributed by atoms with Gasteiger partial charge in [-0.15, -0.1) is 0 Å². The minimum Gasteiger partial charge on any atom is -0.491 e. The lowest BCUT2D eigenvalue weighted by Crippen LogP contribution is -2.29. The molecule has 0 aliphatic heterocycles. The predicted molar refractivity (Wildman–Crippen MR) is 94.9 cm³/mol. The van der Waals surface area contributed by atoms with E-state index in [0.29, 0.717) is 12.1 Å². The molecule has 2 unspecified atom stereocenters. The van der Waals surface area contributed by atoms with E-state index in [9.17, 15) is 0 Å². The average molecular weight is 315 g/mol. The van der Waals surface area contributed by atoms with Gasteiger partial charge >= 0.3 is 0 Å². The summed E-state index contributed by atoms with van der Waals surface area (Å²) in [5.41, 5.74) is 3.73. The fourth-order valence-corrected chi connectivity index (χ4v) is 2.79. The molecule has 1 aromatic carbocycles. The first-order valence-electron chi connectivity index (χ1n) is 8.47. The van der Waals surface area contributed by atoms with Crippen LogP contribution in [-0.2, 0) is 6.42 Å². The summed E-state index contributed by atoms with van der Waals surface area (Å²) < 4.78 is 5.68. The Labute approximate surface area is 139 Å². The maximum atomic E-state index is 5.68. The molecule has 2 rings (SSSR count). The van der Waals surface area contributed by atoms with Gasteiger partial charge in [0.2, 0.25) is 0 Å². The Morgan fingerprint density at radius 3 is 2.39 bits per heavy atom. The number of hydrogen-bond donors (Lipinski definition) is 2. The highest BCUT2D eigenvalue weighted by molar-refractivity contribution is 5.27. The number of nitrogens with zero attached hydrogens (tertiary/aromatic N) is 1. The molecule has 0 spiro atoms. The van der Waals surface area contributed by atoms with Crippen LogP contribution in [0.1, 0.15) is 57.0 Å². The van der Waals surface area contributed by atoms with Gasteiger partial charge in [0.1, 0.15) is 5.75 Å². The zero-order valence-electron chi connectivity index (χ0n) is 14.9. The van der Waals surface area contributed by atoms with Crippen molar-refractivity contribution in [2.24, 2.45) is 0 Å². The molecule has 1 heterocycles. The Hall–Kier alpha value is -1.81. The molecular formula is C19H29N3O. The van der Waals surface area contributed by atoms with Crippen LogP contribution in [0.2, 0.25) is 0 Å². The second kappa shape index (κ2) is 8.16. The first kappa shape index (κ1) is 17.5. The summed E-state index contributed by atoms with van der Waals surface area (Å²) in [5, 5.41) is 10.7. The van der Waals surface area contributed by atoms with Crippen LogP contribution in [0, 0.1) is 6.92 Å². The number of rotatable bonds is 8.